The number of hydrogen-bond donors (Lipinski definition) is 2. The van der Waals surface area contributed by atoms with E-state index in [1.165, 1.54) is 24.3 Å². The molecule has 0 radical (unpaired) electrons. The quantitative estimate of drug-likeness (QED) is 0.716. The molecule has 0 heterocycles. The van der Waals surface area contributed by atoms with E-state index in [0.717, 1.165) is 24.3 Å². The second-order valence-electron chi connectivity index (χ2n) is 7.01. The Bertz CT molecular complexity index is 949. The third kappa shape index (κ3) is 6.34. The maximum atomic E-state index is 12.9. The highest BCUT2D eigenvalue weighted by atomic mass is 32.2. The third-order valence-electron chi connectivity index (χ3n) is 3.35. The number of carbonyl (C=O) groups excluding carboxylic acids is 2. The highest BCUT2D eigenvalue weighted by Crippen LogP contribution is 2.17. The molecule has 0 unspecified atom stereocenters. The summed E-state index contributed by atoms with van der Waals surface area (Å²) >= 11 is 0. The van der Waals surface area contributed by atoms with E-state index < -0.39 is 39.9 Å². The second kappa shape index (κ2) is 8.39. The number of rotatable bonds is 6. The molecule has 0 saturated heterocycles. The van der Waals surface area contributed by atoms with Crippen molar-refractivity contribution in [2.24, 2.45) is 0 Å². The summed E-state index contributed by atoms with van der Waals surface area (Å²) in [5.41, 5.74) is -0.0630. The highest BCUT2D eigenvalue weighted by Gasteiger charge is 2.17. The Morgan fingerprint density at radius 3 is 2.11 bits per heavy atom. The van der Waals surface area contributed by atoms with Crippen LogP contribution in [0.25, 0.3) is 0 Å². The Morgan fingerprint density at radius 2 is 1.57 bits per heavy atom. The summed E-state index contributed by atoms with van der Waals surface area (Å²) in [4.78, 5) is 23.6. The van der Waals surface area contributed by atoms with Crippen LogP contribution in [0.15, 0.2) is 53.4 Å². The van der Waals surface area contributed by atoms with E-state index in [2.05, 4.69) is 10.0 Å². The van der Waals surface area contributed by atoms with Gasteiger partial charge in [0.15, 0.2) is 6.61 Å². The highest BCUT2D eigenvalue weighted by molar-refractivity contribution is 7.92. The summed E-state index contributed by atoms with van der Waals surface area (Å²) in [5, 5.41) is 2.66. The molecule has 0 fully saturated rings. The molecule has 2 aromatic rings. The Labute approximate surface area is 163 Å². The first-order chi connectivity index (χ1) is 13.0. The smallest absolute Gasteiger partial charge is 0.338 e. The van der Waals surface area contributed by atoms with Gasteiger partial charge in [-0.1, -0.05) is 0 Å². The molecule has 0 aliphatic heterocycles. The predicted octanol–water partition coefficient (Wildman–Crippen LogP) is 2.70. The molecule has 0 bridgehead atoms. The molecule has 9 heteroatoms. The first-order valence-electron chi connectivity index (χ1n) is 8.33. The number of anilines is 1. The van der Waals surface area contributed by atoms with Crippen LogP contribution in [-0.2, 0) is 19.6 Å². The minimum absolute atomic E-state index is 0.0951. The number of halogens is 1. The van der Waals surface area contributed by atoms with Crippen LogP contribution >= 0.6 is 0 Å². The van der Waals surface area contributed by atoms with Crippen molar-refractivity contribution in [1.29, 1.82) is 0 Å². The van der Waals surface area contributed by atoms with Gasteiger partial charge in [0.05, 0.1) is 10.5 Å². The number of carbonyl (C=O) groups is 2. The minimum atomic E-state index is -3.89. The lowest BCUT2D eigenvalue weighted by Gasteiger charge is -2.20. The largest absolute Gasteiger partial charge is 0.452 e. The third-order valence-corrected chi connectivity index (χ3v) is 4.74. The number of benzene rings is 2. The van der Waals surface area contributed by atoms with Gasteiger partial charge in [-0.25, -0.2) is 17.6 Å². The molecule has 2 N–H and O–H groups in total. The molecular formula is C19H21FN2O5S. The zero-order valence-corrected chi connectivity index (χ0v) is 16.5. The van der Waals surface area contributed by atoms with Crippen molar-refractivity contribution in [3.05, 3.63) is 59.9 Å². The average molecular weight is 408 g/mol. The fraction of sp³-hybridized carbons (Fsp3) is 0.263. The Hall–Kier alpha value is -2.94. The van der Waals surface area contributed by atoms with E-state index in [1.54, 1.807) is 20.8 Å². The molecule has 150 valence electrons. The van der Waals surface area contributed by atoms with E-state index in [4.69, 9.17) is 4.74 Å². The van der Waals surface area contributed by atoms with Crippen LogP contribution < -0.4 is 10.0 Å². The zero-order valence-electron chi connectivity index (χ0n) is 15.7. The van der Waals surface area contributed by atoms with Crippen LogP contribution in [0, 0.1) is 5.82 Å². The van der Waals surface area contributed by atoms with Crippen LogP contribution in [0.5, 0.6) is 0 Å². The van der Waals surface area contributed by atoms with Crippen molar-refractivity contribution in [3.63, 3.8) is 0 Å². The molecule has 2 rings (SSSR count). The molecule has 1 amide bonds. The van der Waals surface area contributed by atoms with Crippen molar-refractivity contribution in [1.82, 2.24) is 5.32 Å². The lowest BCUT2D eigenvalue weighted by atomic mass is 10.1. The normalized spacial score (nSPS) is 11.6. The van der Waals surface area contributed by atoms with Crippen molar-refractivity contribution < 1.29 is 27.1 Å². The molecule has 2 aromatic carbocycles. The summed E-state index contributed by atoms with van der Waals surface area (Å²) in [6.07, 6.45) is 0. The first-order valence-corrected chi connectivity index (χ1v) is 9.81. The summed E-state index contributed by atoms with van der Waals surface area (Å²) in [6.45, 7) is 4.99. The molecule has 7 nitrogen and oxygen atoms in total. The van der Waals surface area contributed by atoms with Crippen molar-refractivity contribution >= 4 is 27.6 Å². The van der Waals surface area contributed by atoms with Gasteiger partial charge >= 0.3 is 5.97 Å². The molecular weight excluding hydrogens is 387 g/mol. The predicted molar refractivity (Wildman–Crippen MR) is 102 cm³/mol. The lowest BCUT2D eigenvalue weighted by Crippen LogP contribution is -2.42. The molecule has 0 aliphatic carbocycles. The average Bonchev–Trinajstić information content (AvgIpc) is 2.59. The van der Waals surface area contributed by atoms with Gasteiger partial charge in [0.1, 0.15) is 5.82 Å². The molecule has 0 spiro atoms. The fourth-order valence-electron chi connectivity index (χ4n) is 2.17. The topological polar surface area (TPSA) is 102 Å². The molecule has 0 atom stereocenters. The van der Waals surface area contributed by atoms with Crippen LogP contribution in [0.1, 0.15) is 31.1 Å². The SMILES string of the molecule is CC(C)(C)NC(=O)COC(=O)c1ccc(NS(=O)(=O)c2ccc(F)cc2)cc1. The van der Waals surface area contributed by atoms with Crippen molar-refractivity contribution in [3.8, 4) is 0 Å². The van der Waals surface area contributed by atoms with Crippen molar-refractivity contribution in [2.45, 2.75) is 31.2 Å². The molecule has 28 heavy (non-hydrogen) atoms. The van der Waals surface area contributed by atoms with E-state index >= 15 is 0 Å². The molecule has 0 aromatic heterocycles. The van der Waals surface area contributed by atoms with Gasteiger partial charge < -0.3 is 10.1 Å². The first kappa shape index (κ1) is 21.4. The van der Waals surface area contributed by atoms with Gasteiger partial charge in [0.25, 0.3) is 15.9 Å². The fourth-order valence-corrected chi connectivity index (χ4v) is 3.23. The Kier molecular flexibility index (Phi) is 6.40. The van der Waals surface area contributed by atoms with Crippen LogP contribution in [0.3, 0.4) is 0 Å². The minimum Gasteiger partial charge on any atom is -0.452 e. The number of hydrogen-bond acceptors (Lipinski definition) is 5. The van der Waals surface area contributed by atoms with Gasteiger partial charge in [0, 0.05) is 11.2 Å². The van der Waals surface area contributed by atoms with Crippen LogP contribution in [0.2, 0.25) is 0 Å². The second-order valence-corrected chi connectivity index (χ2v) is 8.69. The number of esters is 1. The molecule has 0 aliphatic rings. The van der Waals surface area contributed by atoms with Gasteiger partial charge in [-0.15, -0.1) is 0 Å². The summed E-state index contributed by atoms with van der Waals surface area (Å²) in [5.74, 6) is -1.68. The van der Waals surface area contributed by atoms with E-state index in [9.17, 15) is 22.4 Å². The molecule has 0 saturated carbocycles. The van der Waals surface area contributed by atoms with E-state index in [-0.39, 0.29) is 16.1 Å². The van der Waals surface area contributed by atoms with E-state index in [0.29, 0.717) is 0 Å². The van der Waals surface area contributed by atoms with Crippen LogP contribution in [-0.4, -0.2) is 32.4 Å². The number of nitrogens with one attached hydrogen (secondary N) is 2. The Balaban J connectivity index is 1.98. The maximum Gasteiger partial charge on any atom is 0.338 e. The number of amides is 1. The van der Waals surface area contributed by atoms with Crippen LogP contribution in [0.4, 0.5) is 10.1 Å². The van der Waals surface area contributed by atoms with E-state index in [1.807, 2.05) is 0 Å². The number of ether oxygens (including phenoxy) is 1. The van der Waals surface area contributed by atoms with Gasteiger partial charge in [-0.2, -0.15) is 0 Å². The summed E-state index contributed by atoms with van der Waals surface area (Å²) in [6, 6.07) is 9.88. The lowest BCUT2D eigenvalue weighted by molar-refractivity contribution is -0.125. The number of sulfonamides is 1. The van der Waals surface area contributed by atoms with Crippen molar-refractivity contribution in [2.75, 3.05) is 11.3 Å². The van der Waals surface area contributed by atoms with Gasteiger partial charge in [0.2, 0.25) is 0 Å². The Morgan fingerprint density at radius 1 is 1.00 bits per heavy atom. The maximum absolute atomic E-state index is 12.9. The van der Waals surface area contributed by atoms with Gasteiger partial charge in [-0.3, -0.25) is 9.52 Å². The summed E-state index contributed by atoms with van der Waals surface area (Å²) in [7, 11) is -3.89. The standard InChI is InChI=1S/C19H21FN2O5S/c1-19(2,3)21-17(23)12-27-18(24)13-4-8-15(9-5-13)22-28(25,26)16-10-6-14(20)7-11-16/h4-11,22H,12H2,1-3H3,(H,21,23). The summed E-state index contributed by atoms with van der Waals surface area (Å²) < 4.78 is 44.7. The van der Waals surface area contributed by atoms with Gasteiger partial charge in [-0.05, 0) is 69.3 Å². The zero-order chi connectivity index (χ0) is 20.9. The monoisotopic (exact) mass is 408 g/mol.